The normalized spacial score (nSPS) is 12.2. The summed E-state index contributed by atoms with van der Waals surface area (Å²) in [6.45, 7) is 2.10. The van der Waals surface area contributed by atoms with Gasteiger partial charge in [0.05, 0.1) is 6.33 Å². The molecule has 7 nitrogen and oxygen atoms in total. The third-order valence-corrected chi connectivity index (χ3v) is 3.94. The first-order chi connectivity index (χ1) is 12.0. The fraction of sp³-hybridized carbons (Fsp3) is 0.294. The molecule has 2 heterocycles. The van der Waals surface area contributed by atoms with E-state index in [-0.39, 0.29) is 11.7 Å². The average molecular weight is 342 g/mol. The second-order valence-corrected chi connectivity index (χ2v) is 5.94. The number of imidazole rings is 1. The Labute approximate surface area is 144 Å². The van der Waals surface area contributed by atoms with Crippen LogP contribution >= 0.6 is 0 Å². The highest BCUT2D eigenvalue weighted by atomic mass is 19.1. The van der Waals surface area contributed by atoms with E-state index >= 15 is 0 Å². The van der Waals surface area contributed by atoms with Gasteiger partial charge in [0.2, 0.25) is 5.91 Å². The monoisotopic (exact) mass is 342 g/mol. The summed E-state index contributed by atoms with van der Waals surface area (Å²) >= 11 is 0. The van der Waals surface area contributed by atoms with Gasteiger partial charge >= 0.3 is 0 Å². The van der Waals surface area contributed by atoms with E-state index in [9.17, 15) is 9.18 Å². The highest BCUT2D eigenvalue weighted by molar-refractivity contribution is 5.86. The molecule has 0 spiro atoms. The van der Waals surface area contributed by atoms with Crippen LogP contribution in [0.4, 0.5) is 10.2 Å². The van der Waals surface area contributed by atoms with E-state index in [1.807, 2.05) is 19.0 Å². The second-order valence-electron chi connectivity index (χ2n) is 5.94. The molecule has 130 valence electrons. The largest absolute Gasteiger partial charge is 0.361 e. The maximum atomic E-state index is 12.9. The van der Waals surface area contributed by atoms with Crippen LogP contribution in [-0.2, 0) is 11.3 Å². The lowest BCUT2D eigenvalue weighted by Gasteiger charge is -2.15. The molecule has 0 radical (unpaired) electrons. The quantitative estimate of drug-likeness (QED) is 0.766. The Morgan fingerprint density at radius 3 is 2.64 bits per heavy atom. The van der Waals surface area contributed by atoms with Crippen molar-refractivity contribution in [3.05, 3.63) is 48.3 Å². The summed E-state index contributed by atoms with van der Waals surface area (Å²) in [6, 6.07) is 5.53. The molecule has 2 aromatic heterocycles. The fourth-order valence-corrected chi connectivity index (χ4v) is 2.52. The Morgan fingerprint density at radius 2 is 1.96 bits per heavy atom. The number of benzene rings is 1. The van der Waals surface area contributed by atoms with Crippen LogP contribution < -0.4 is 10.2 Å². The van der Waals surface area contributed by atoms with Crippen molar-refractivity contribution in [2.45, 2.75) is 19.5 Å². The third-order valence-electron chi connectivity index (χ3n) is 3.94. The Bertz CT molecular complexity index is 890. The van der Waals surface area contributed by atoms with Gasteiger partial charge in [0.15, 0.2) is 17.0 Å². The van der Waals surface area contributed by atoms with E-state index < -0.39 is 6.04 Å². The summed E-state index contributed by atoms with van der Waals surface area (Å²) < 4.78 is 14.6. The Kier molecular flexibility index (Phi) is 4.60. The number of anilines is 1. The lowest BCUT2D eigenvalue weighted by atomic mass is 10.2. The molecular weight excluding hydrogens is 323 g/mol. The predicted octanol–water partition coefficient (Wildman–Crippen LogP) is 1.91. The molecule has 3 aromatic rings. The fourth-order valence-electron chi connectivity index (χ4n) is 2.52. The average Bonchev–Trinajstić information content (AvgIpc) is 3.04. The first kappa shape index (κ1) is 16.8. The predicted molar refractivity (Wildman–Crippen MR) is 92.6 cm³/mol. The summed E-state index contributed by atoms with van der Waals surface area (Å²) in [5.41, 5.74) is 2.07. The van der Waals surface area contributed by atoms with E-state index in [1.165, 1.54) is 18.5 Å². The molecule has 1 atom stereocenters. The van der Waals surface area contributed by atoms with Gasteiger partial charge in [0.1, 0.15) is 18.2 Å². The number of fused-ring (bicyclic) bond motifs is 1. The van der Waals surface area contributed by atoms with Crippen LogP contribution in [0.5, 0.6) is 0 Å². The van der Waals surface area contributed by atoms with Gasteiger partial charge in [-0.15, -0.1) is 0 Å². The Balaban J connectivity index is 1.77. The smallest absolute Gasteiger partial charge is 0.243 e. The van der Waals surface area contributed by atoms with Crippen LogP contribution in [0.2, 0.25) is 0 Å². The van der Waals surface area contributed by atoms with Gasteiger partial charge in [-0.2, -0.15) is 0 Å². The summed E-state index contributed by atoms with van der Waals surface area (Å²) in [4.78, 5) is 27.1. The minimum absolute atomic E-state index is 0.173. The van der Waals surface area contributed by atoms with Crippen molar-refractivity contribution in [2.24, 2.45) is 0 Å². The van der Waals surface area contributed by atoms with Gasteiger partial charge in [0, 0.05) is 20.6 Å². The molecule has 8 heteroatoms. The third kappa shape index (κ3) is 3.42. The van der Waals surface area contributed by atoms with Gasteiger partial charge in [-0.3, -0.25) is 4.79 Å². The van der Waals surface area contributed by atoms with Gasteiger partial charge in [-0.25, -0.2) is 19.3 Å². The maximum absolute atomic E-state index is 12.9. The maximum Gasteiger partial charge on any atom is 0.243 e. The molecule has 0 unspecified atom stereocenters. The van der Waals surface area contributed by atoms with Gasteiger partial charge < -0.3 is 14.8 Å². The van der Waals surface area contributed by atoms with Crippen LogP contribution in [0, 0.1) is 5.82 Å². The second kappa shape index (κ2) is 6.84. The zero-order chi connectivity index (χ0) is 18.0. The number of carbonyl (C=O) groups excluding carboxylic acids is 1. The summed E-state index contributed by atoms with van der Waals surface area (Å²) in [6.07, 6.45) is 3.05. The highest BCUT2D eigenvalue weighted by Crippen LogP contribution is 2.22. The van der Waals surface area contributed by atoms with E-state index in [0.717, 1.165) is 5.56 Å². The first-order valence-electron chi connectivity index (χ1n) is 7.84. The lowest BCUT2D eigenvalue weighted by Crippen LogP contribution is -2.30. The van der Waals surface area contributed by atoms with Crippen molar-refractivity contribution in [3.63, 3.8) is 0 Å². The SMILES string of the molecule is C[C@@H](C(=O)NCc1ccc(F)cc1)n1cnc2c(N(C)C)ncnc21. The van der Waals surface area contributed by atoms with Crippen molar-refractivity contribution >= 4 is 22.9 Å². The zero-order valence-corrected chi connectivity index (χ0v) is 14.3. The van der Waals surface area contributed by atoms with Crippen LogP contribution in [0.3, 0.4) is 0 Å². The number of nitrogens with zero attached hydrogens (tertiary/aromatic N) is 5. The van der Waals surface area contributed by atoms with Gasteiger partial charge in [0.25, 0.3) is 0 Å². The molecule has 1 N–H and O–H groups in total. The molecule has 0 bridgehead atoms. The van der Waals surface area contributed by atoms with Crippen molar-refractivity contribution in [1.82, 2.24) is 24.8 Å². The summed E-state index contributed by atoms with van der Waals surface area (Å²) in [5.74, 6) is 0.223. The van der Waals surface area contributed by atoms with E-state index in [2.05, 4.69) is 20.3 Å². The summed E-state index contributed by atoms with van der Waals surface area (Å²) in [5, 5.41) is 2.84. The number of halogens is 1. The van der Waals surface area contributed by atoms with Crippen molar-refractivity contribution in [1.29, 1.82) is 0 Å². The van der Waals surface area contributed by atoms with Crippen LogP contribution in [0.25, 0.3) is 11.2 Å². The minimum atomic E-state index is -0.490. The number of nitrogens with one attached hydrogen (secondary N) is 1. The molecular formula is C17H19FN6O. The van der Waals surface area contributed by atoms with Gasteiger partial charge in [-0.1, -0.05) is 12.1 Å². The molecule has 0 aliphatic heterocycles. The molecule has 1 aromatic carbocycles. The lowest BCUT2D eigenvalue weighted by molar-refractivity contribution is -0.123. The number of aromatic nitrogens is 4. The molecule has 1 amide bonds. The number of carbonyl (C=O) groups is 1. The van der Waals surface area contributed by atoms with Crippen molar-refractivity contribution < 1.29 is 9.18 Å². The molecule has 0 fully saturated rings. The van der Waals surface area contributed by atoms with E-state index in [0.29, 0.717) is 23.5 Å². The van der Waals surface area contributed by atoms with Gasteiger partial charge in [-0.05, 0) is 24.6 Å². The number of hydrogen-bond donors (Lipinski definition) is 1. The van der Waals surface area contributed by atoms with Crippen molar-refractivity contribution in [2.75, 3.05) is 19.0 Å². The molecule has 0 saturated carbocycles. The number of amides is 1. The Morgan fingerprint density at radius 1 is 1.24 bits per heavy atom. The first-order valence-corrected chi connectivity index (χ1v) is 7.84. The van der Waals surface area contributed by atoms with E-state index in [4.69, 9.17) is 0 Å². The van der Waals surface area contributed by atoms with Crippen LogP contribution in [0.15, 0.2) is 36.9 Å². The summed E-state index contributed by atoms with van der Waals surface area (Å²) in [7, 11) is 3.75. The zero-order valence-electron chi connectivity index (χ0n) is 14.3. The molecule has 0 aliphatic rings. The van der Waals surface area contributed by atoms with Crippen LogP contribution in [0.1, 0.15) is 18.5 Å². The topological polar surface area (TPSA) is 75.9 Å². The van der Waals surface area contributed by atoms with Crippen molar-refractivity contribution in [3.8, 4) is 0 Å². The molecule has 0 aliphatic carbocycles. The van der Waals surface area contributed by atoms with E-state index in [1.54, 1.807) is 30.0 Å². The highest BCUT2D eigenvalue weighted by Gasteiger charge is 2.20. The standard InChI is InChI=1S/C17H19FN6O/c1-11(17(25)19-8-12-4-6-13(18)7-5-12)24-10-22-14-15(23(2)3)20-9-21-16(14)24/h4-7,9-11H,8H2,1-3H3,(H,19,25)/t11-/m0/s1. The number of rotatable bonds is 5. The number of hydrogen-bond acceptors (Lipinski definition) is 5. The minimum Gasteiger partial charge on any atom is -0.361 e. The van der Waals surface area contributed by atoms with Crippen LogP contribution in [-0.4, -0.2) is 39.5 Å². The Hall–Kier alpha value is -3.03. The molecule has 25 heavy (non-hydrogen) atoms. The molecule has 3 rings (SSSR count). The molecule has 0 saturated heterocycles.